The molecule has 2 N–H and O–H groups in total. The fraction of sp³-hybridized carbons (Fsp3) is 0.316. The van der Waals surface area contributed by atoms with E-state index in [-0.39, 0.29) is 5.75 Å². The third-order valence-corrected chi connectivity index (χ3v) is 4.79. The van der Waals surface area contributed by atoms with Crippen molar-refractivity contribution in [2.75, 3.05) is 45.2 Å². The van der Waals surface area contributed by atoms with E-state index in [9.17, 15) is 5.11 Å². The van der Waals surface area contributed by atoms with Crippen LogP contribution in [0.25, 0.3) is 22.4 Å². The quantitative estimate of drug-likeness (QED) is 0.769. The molecule has 4 rings (SSSR count). The van der Waals surface area contributed by atoms with E-state index in [1.54, 1.807) is 19.2 Å². The molecule has 0 spiro atoms. The monoisotopic (exact) mass is 338 g/mol. The maximum Gasteiger partial charge on any atom is 0.161 e. The second-order valence-corrected chi connectivity index (χ2v) is 6.46. The van der Waals surface area contributed by atoms with Crippen molar-refractivity contribution in [3.05, 3.63) is 36.4 Å². The van der Waals surface area contributed by atoms with E-state index >= 15 is 0 Å². The van der Waals surface area contributed by atoms with Crippen LogP contribution in [-0.4, -0.2) is 60.3 Å². The Morgan fingerprint density at radius 2 is 1.88 bits per heavy atom. The number of ether oxygens (including phenoxy) is 1. The van der Waals surface area contributed by atoms with Gasteiger partial charge < -0.3 is 24.6 Å². The lowest BCUT2D eigenvalue weighted by molar-refractivity contribution is 0.313. The fourth-order valence-electron chi connectivity index (χ4n) is 3.22. The number of H-pyrrole nitrogens is 1. The molecule has 1 saturated heterocycles. The summed E-state index contributed by atoms with van der Waals surface area (Å²) in [4.78, 5) is 12.8. The average molecular weight is 338 g/mol. The van der Waals surface area contributed by atoms with Gasteiger partial charge in [-0.05, 0) is 43.4 Å². The SMILES string of the molecule is COc1cc(-c2nc3ccc(N4CCN(C)CC4)cc3[nH]2)ccc1O. The minimum Gasteiger partial charge on any atom is -0.504 e. The van der Waals surface area contributed by atoms with Crippen molar-refractivity contribution in [3.8, 4) is 22.9 Å². The van der Waals surface area contributed by atoms with E-state index in [2.05, 4.69) is 45.0 Å². The summed E-state index contributed by atoms with van der Waals surface area (Å²) in [7, 11) is 3.70. The first kappa shape index (κ1) is 15.8. The molecule has 2 heterocycles. The van der Waals surface area contributed by atoms with Crippen molar-refractivity contribution < 1.29 is 9.84 Å². The number of likely N-dealkylation sites (N-methyl/N-ethyl adjacent to an activating group) is 1. The molecule has 0 amide bonds. The number of methoxy groups -OCH3 is 1. The van der Waals surface area contributed by atoms with Gasteiger partial charge >= 0.3 is 0 Å². The summed E-state index contributed by atoms with van der Waals surface area (Å²) in [6.07, 6.45) is 0. The fourth-order valence-corrected chi connectivity index (χ4v) is 3.22. The van der Waals surface area contributed by atoms with E-state index in [1.807, 2.05) is 6.07 Å². The summed E-state index contributed by atoms with van der Waals surface area (Å²) in [5, 5.41) is 9.76. The molecule has 0 atom stereocenters. The number of anilines is 1. The van der Waals surface area contributed by atoms with Gasteiger partial charge in [-0.15, -0.1) is 0 Å². The second kappa shape index (κ2) is 6.29. The molecular formula is C19H22N4O2. The number of nitrogens with zero attached hydrogens (tertiary/aromatic N) is 3. The van der Waals surface area contributed by atoms with E-state index in [0.29, 0.717) is 5.75 Å². The molecular weight excluding hydrogens is 316 g/mol. The number of imidazole rings is 1. The standard InChI is InChI=1S/C19H22N4O2/c1-22-7-9-23(10-8-22)14-4-5-15-16(12-14)21-19(20-15)13-3-6-17(24)18(11-13)25-2/h3-6,11-12,24H,7-10H2,1-2H3,(H,20,21). The molecule has 0 unspecified atom stereocenters. The first-order valence-corrected chi connectivity index (χ1v) is 8.44. The van der Waals surface area contributed by atoms with Crippen molar-refractivity contribution >= 4 is 16.7 Å². The van der Waals surface area contributed by atoms with Crippen LogP contribution in [0.5, 0.6) is 11.5 Å². The van der Waals surface area contributed by atoms with Crippen molar-refractivity contribution in [1.29, 1.82) is 0 Å². The molecule has 2 aromatic carbocycles. The normalized spacial score (nSPS) is 15.7. The van der Waals surface area contributed by atoms with Crippen LogP contribution in [0.2, 0.25) is 0 Å². The van der Waals surface area contributed by atoms with E-state index in [0.717, 1.165) is 48.6 Å². The molecule has 0 aliphatic carbocycles. The molecule has 6 nitrogen and oxygen atoms in total. The van der Waals surface area contributed by atoms with E-state index in [1.165, 1.54) is 5.69 Å². The Balaban J connectivity index is 1.66. The van der Waals surface area contributed by atoms with Gasteiger partial charge in [0.15, 0.2) is 11.5 Å². The number of fused-ring (bicyclic) bond motifs is 1. The summed E-state index contributed by atoms with van der Waals surface area (Å²) in [6.45, 7) is 4.25. The lowest BCUT2D eigenvalue weighted by Gasteiger charge is -2.34. The summed E-state index contributed by atoms with van der Waals surface area (Å²) in [5.74, 6) is 1.33. The smallest absolute Gasteiger partial charge is 0.161 e. The Kier molecular flexibility index (Phi) is 3.97. The van der Waals surface area contributed by atoms with Gasteiger partial charge in [0.05, 0.1) is 18.1 Å². The number of nitrogens with one attached hydrogen (secondary N) is 1. The second-order valence-electron chi connectivity index (χ2n) is 6.46. The van der Waals surface area contributed by atoms with Gasteiger partial charge in [-0.3, -0.25) is 0 Å². The number of aromatic nitrogens is 2. The number of piperazine rings is 1. The maximum atomic E-state index is 9.76. The van der Waals surface area contributed by atoms with Crippen molar-refractivity contribution in [1.82, 2.24) is 14.9 Å². The van der Waals surface area contributed by atoms with Crippen molar-refractivity contribution in [2.24, 2.45) is 0 Å². The summed E-state index contributed by atoms with van der Waals surface area (Å²) >= 11 is 0. The highest BCUT2D eigenvalue weighted by Gasteiger charge is 2.15. The molecule has 0 radical (unpaired) electrons. The summed E-state index contributed by atoms with van der Waals surface area (Å²) in [5.41, 5.74) is 4.05. The minimum atomic E-state index is 0.125. The number of benzene rings is 2. The molecule has 1 aliphatic rings. The van der Waals surface area contributed by atoms with Crippen LogP contribution < -0.4 is 9.64 Å². The maximum absolute atomic E-state index is 9.76. The zero-order chi connectivity index (χ0) is 17.4. The molecule has 130 valence electrons. The van der Waals surface area contributed by atoms with Gasteiger partial charge in [0.25, 0.3) is 0 Å². The van der Waals surface area contributed by atoms with Crippen molar-refractivity contribution in [2.45, 2.75) is 0 Å². The third-order valence-electron chi connectivity index (χ3n) is 4.79. The molecule has 25 heavy (non-hydrogen) atoms. The number of hydrogen-bond acceptors (Lipinski definition) is 5. The topological polar surface area (TPSA) is 64.6 Å². The van der Waals surface area contributed by atoms with Crippen LogP contribution in [0, 0.1) is 0 Å². The van der Waals surface area contributed by atoms with Gasteiger partial charge in [0.2, 0.25) is 0 Å². The van der Waals surface area contributed by atoms with E-state index in [4.69, 9.17) is 4.74 Å². The molecule has 1 aromatic heterocycles. The van der Waals surface area contributed by atoms with Crippen LogP contribution >= 0.6 is 0 Å². The molecule has 3 aromatic rings. The molecule has 1 fully saturated rings. The lowest BCUT2D eigenvalue weighted by Crippen LogP contribution is -2.44. The number of rotatable bonds is 3. The third kappa shape index (κ3) is 3.00. The molecule has 6 heteroatoms. The van der Waals surface area contributed by atoms with Crippen LogP contribution in [0.15, 0.2) is 36.4 Å². The number of phenolic OH excluding ortho intramolecular Hbond substituents is 1. The molecule has 1 aliphatic heterocycles. The Labute approximate surface area is 146 Å². The zero-order valence-corrected chi connectivity index (χ0v) is 14.5. The minimum absolute atomic E-state index is 0.125. The van der Waals surface area contributed by atoms with Crippen LogP contribution in [0.1, 0.15) is 0 Å². The van der Waals surface area contributed by atoms with E-state index < -0.39 is 0 Å². The van der Waals surface area contributed by atoms with Crippen LogP contribution in [0.3, 0.4) is 0 Å². The van der Waals surface area contributed by atoms with Crippen LogP contribution in [0.4, 0.5) is 5.69 Å². The summed E-state index contributed by atoms with van der Waals surface area (Å²) < 4.78 is 5.19. The predicted octanol–water partition coefficient (Wildman–Crippen LogP) is 2.70. The Morgan fingerprint density at radius 1 is 1.08 bits per heavy atom. The lowest BCUT2D eigenvalue weighted by atomic mass is 10.2. The Hall–Kier alpha value is -2.73. The van der Waals surface area contributed by atoms with Gasteiger partial charge in [0.1, 0.15) is 5.82 Å². The highest BCUT2D eigenvalue weighted by atomic mass is 16.5. The van der Waals surface area contributed by atoms with Crippen LogP contribution in [-0.2, 0) is 0 Å². The first-order valence-electron chi connectivity index (χ1n) is 8.44. The number of aromatic amines is 1. The van der Waals surface area contributed by atoms with Gasteiger partial charge in [-0.25, -0.2) is 4.98 Å². The zero-order valence-electron chi connectivity index (χ0n) is 14.5. The number of hydrogen-bond donors (Lipinski definition) is 2. The van der Waals surface area contributed by atoms with Gasteiger partial charge in [-0.2, -0.15) is 0 Å². The molecule has 0 saturated carbocycles. The number of aromatic hydroxyl groups is 1. The highest BCUT2D eigenvalue weighted by molar-refractivity contribution is 5.83. The average Bonchev–Trinajstić information content (AvgIpc) is 3.06. The summed E-state index contributed by atoms with van der Waals surface area (Å²) in [6, 6.07) is 11.6. The largest absolute Gasteiger partial charge is 0.504 e. The van der Waals surface area contributed by atoms with Gasteiger partial charge in [-0.1, -0.05) is 0 Å². The van der Waals surface area contributed by atoms with Gasteiger partial charge in [0, 0.05) is 37.4 Å². The Morgan fingerprint density at radius 3 is 2.64 bits per heavy atom. The molecule has 0 bridgehead atoms. The Bertz CT molecular complexity index is 898. The highest BCUT2D eigenvalue weighted by Crippen LogP contribution is 2.31. The predicted molar refractivity (Wildman–Crippen MR) is 99.5 cm³/mol. The number of phenols is 1. The first-order chi connectivity index (χ1) is 12.1. The van der Waals surface area contributed by atoms with Crippen molar-refractivity contribution in [3.63, 3.8) is 0 Å².